The van der Waals surface area contributed by atoms with Crippen LogP contribution in [0.3, 0.4) is 0 Å². The van der Waals surface area contributed by atoms with E-state index < -0.39 is 0 Å². The molecule has 1 aliphatic rings. The Balaban J connectivity index is 1.93. The van der Waals surface area contributed by atoms with Crippen LogP contribution in [0.15, 0.2) is 11.4 Å². The Morgan fingerprint density at radius 2 is 2.50 bits per heavy atom. The molecule has 1 fully saturated rings. The number of thiophene rings is 1. The molecular formula is C12H18N2O3S. The van der Waals surface area contributed by atoms with Crippen molar-refractivity contribution in [2.45, 2.75) is 38.8 Å². The molecule has 0 aromatic carbocycles. The van der Waals surface area contributed by atoms with Crippen molar-refractivity contribution < 1.29 is 10.0 Å². The molecule has 0 saturated heterocycles. The van der Waals surface area contributed by atoms with Gasteiger partial charge in [0.05, 0.1) is 4.92 Å². The van der Waals surface area contributed by atoms with Crippen molar-refractivity contribution in [1.82, 2.24) is 5.32 Å². The zero-order valence-corrected chi connectivity index (χ0v) is 11.2. The van der Waals surface area contributed by atoms with Crippen molar-refractivity contribution in [1.29, 1.82) is 0 Å². The first kappa shape index (κ1) is 13.5. The van der Waals surface area contributed by atoms with Crippen LogP contribution in [-0.4, -0.2) is 22.7 Å². The SMILES string of the molecule is CC1(CO)CCCC1NCc1csc([N+](=O)[O-])c1. The molecule has 100 valence electrons. The predicted octanol–water partition coefficient (Wildman–Crippen LogP) is 2.30. The zero-order chi connectivity index (χ0) is 13.2. The van der Waals surface area contributed by atoms with Crippen molar-refractivity contribution >= 4 is 16.3 Å². The van der Waals surface area contributed by atoms with Crippen LogP contribution < -0.4 is 5.32 Å². The van der Waals surface area contributed by atoms with E-state index in [9.17, 15) is 15.2 Å². The largest absolute Gasteiger partial charge is 0.396 e. The summed E-state index contributed by atoms with van der Waals surface area (Å²) in [5, 5.41) is 25.4. The lowest BCUT2D eigenvalue weighted by Gasteiger charge is -2.30. The first-order valence-corrected chi connectivity index (χ1v) is 6.99. The van der Waals surface area contributed by atoms with Gasteiger partial charge in [0.25, 0.3) is 0 Å². The summed E-state index contributed by atoms with van der Waals surface area (Å²) in [6, 6.07) is 1.91. The molecule has 5 nitrogen and oxygen atoms in total. The molecule has 1 saturated carbocycles. The fourth-order valence-electron chi connectivity index (χ4n) is 2.56. The normalized spacial score (nSPS) is 27.6. The summed E-state index contributed by atoms with van der Waals surface area (Å²) in [6.07, 6.45) is 3.22. The molecule has 0 spiro atoms. The molecule has 6 heteroatoms. The number of aliphatic hydroxyl groups excluding tert-OH is 1. The number of nitrogens with one attached hydrogen (secondary N) is 1. The molecule has 0 amide bonds. The molecule has 2 rings (SSSR count). The fourth-order valence-corrected chi connectivity index (χ4v) is 3.29. The molecule has 0 bridgehead atoms. The molecular weight excluding hydrogens is 252 g/mol. The maximum absolute atomic E-state index is 10.6. The average Bonchev–Trinajstić information content (AvgIpc) is 2.94. The van der Waals surface area contributed by atoms with Gasteiger partial charge in [0.15, 0.2) is 0 Å². The average molecular weight is 270 g/mol. The van der Waals surface area contributed by atoms with E-state index in [1.54, 1.807) is 6.07 Å². The van der Waals surface area contributed by atoms with Gasteiger partial charge in [0.1, 0.15) is 0 Å². The van der Waals surface area contributed by atoms with Crippen molar-refractivity contribution in [3.8, 4) is 0 Å². The molecule has 2 atom stereocenters. The smallest absolute Gasteiger partial charge is 0.324 e. The van der Waals surface area contributed by atoms with Crippen LogP contribution in [0, 0.1) is 15.5 Å². The minimum absolute atomic E-state index is 0.0536. The van der Waals surface area contributed by atoms with Gasteiger partial charge in [0.2, 0.25) is 0 Å². The van der Waals surface area contributed by atoms with Gasteiger partial charge >= 0.3 is 5.00 Å². The fraction of sp³-hybridized carbons (Fsp3) is 0.667. The van der Waals surface area contributed by atoms with Crippen LogP contribution in [0.4, 0.5) is 5.00 Å². The lowest BCUT2D eigenvalue weighted by molar-refractivity contribution is -0.380. The van der Waals surface area contributed by atoms with Crippen molar-refractivity contribution in [2.24, 2.45) is 5.41 Å². The monoisotopic (exact) mass is 270 g/mol. The Labute approximate surface area is 110 Å². The first-order valence-electron chi connectivity index (χ1n) is 6.11. The molecule has 0 radical (unpaired) electrons. The van der Waals surface area contributed by atoms with Crippen LogP contribution in [-0.2, 0) is 6.54 Å². The highest BCUT2D eigenvalue weighted by Crippen LogP contribution is 2.37. The van der Waals surface area contributed by atoms with Gasteiger partial charge in [-0.25, -0.2) is 0 Å². The lowest BCUT2D eigenvalue weighted by atomic mass is 9.86. The van der Waals surface area contributed by atoms with Gasteiger partial charge in [0, 0.05) is 36.1 Å². The van der Waals surface area contributed by atoms with Crippen molar-refractivity contribution in [3.63, 3.8) is 0 Å². The number of aliphatic hydroxyl groups is 1. The van der Waals surface area contributed by atoms with Crippen LogP contribution in [0.1, 0.15) is 31.7 Å². The Morgan fingerprint density at radius 3 is 3.11 bits per heavy atom. The van der Waals surface area contributed by atoms with E-state index in [0.717, 1.165) is 36.2 Å². The Bertz CT molecular complexity index is 435. The summed E-state index contributed by atoms with van der Waals surface area (Å²) in [5.74, 6) is 0. The number of rotatable bonds is 5. The lowest BCUT2D eigenvalue weighted by Crippen LogP contribution is -2.41. The van der Waals surface area contributed by atoms with Gasteiger partial charge in [-0.15, -0.1) is 0 Å². The summed E-state index contributed by atoms with van der Waals surface area (Å²) in [4.78, 5) is 10.2. The molecule has 1 aliphatic carbocycles. The Morgan fingerprint density at radius 1 is 1.72 bits per heavy atom. The van der Waals surface area contributed by atoms with E-state index in [0.29, 0.717) is 12.6 Å². The third-order valence-corrected chi connectivity index (χ3v) is 4.74. The van der Waals surface area contributed by atoms with E-state index in [2.05, 4.69) is 12.2 Å². The summed E-state index contributed by atoms with van der Waals surface area (Å²) in [6.45, 7) is 2.91. The van der Waals surface area contributed by atoms with E-state index in [1.807, 2.05) is 5.38 Å². The van der Waals surface area contributed by atoms with Gasteiger partial charge in [-0.2, -0.15) is 0 Å². The van der Waals surface area contributed by atoms with Gasteiger partial charge in [-0.05, 0) is 18.4 Å². The van der Waals surface area contributed by atoms with E-state index in [4.69, 9.17) is 0 Å². The highest BCUT2D eigenvalue weighted by molar-refractivity contribution is 7.13. The third-order valence-electron chi connectivity index (χ3n) is 3.82. The highest BCUT2D eigenvalue weighted by Gasteiger charge is 2.37. The van der Waals surface area contributed by atoms with Crippen LogP contribution in [0.2, 0.25) is 0 Å². The molecule has 2 N–H and O–H groups in total. The van der Waals surface area contributed by atoms with E-state index in [1.165, 1.54) is 0 Å². The first-order chi connectivity index (χ1) is 8.55. The summed E-state index contributed by atoms with van der Waals surface area (Å²) in [5.41, 5.74) is 0.890. The van der Waals surface area contributed by atoms with Gasteiger partial charge in [-0.1, -0.05) is 24.7 Å². The summed E-state index contributed by atoms with van der Waals surface area (Å²) >= 11 is 1.16. The summed E-state index contributed by atoms with van der Waals surface area (Å²) < 4.78 is 0. The van der Waals surface area contributed by atoms with E-state index in [-0.39, 0.29) is 21.9 Å². The number of hydrogen-bond donors (Lipinski definition) is 2. The molecule has 0 aliphatic heterocycles. The number of nitro groups is 1. The standard InChI is InChI=1S/C12H18N2O3S/c1-12(8-15)4-2-3-10(12)13-6-9-5-11(14(16)17)18-7-9/h5,7,10,13,15H,2-4,6,8H2,1H3. The Kier molecular flexibility index (Phi) is 3.99. The molecule has 1 aromatic rings. The van der Waals surface area contributed by atoms with Crippen LogP contribution in [0.5, 0.6) is 0 Å². The quantitative estimate of drug-likeness (QED) is 0.636. The minimum Gasteiger partial charge on any atom is -0.396 e. The van der Waals surface area contributed by atoms with Gasteiger partial charge < -0.3 is 10.4 Å². The van der Waals surface area contributed by atoms with Crippen LogP contribution in [0.25, 0.3) is 0 Å². The second-order valence-corrected chi connectivity index (χ2v) is 6.08. The zero-order valence-electron chi connectivity index (χ0n) is 10.4. The topological polar surface area (TPSA) is 75.4 Å². The van der Waals surface area contributed by atoms with E-state index >= 15 is 0 Å². The third kappa shape index (κ3) is 2.71. The molecule has 1 aromatic heterocycles. The molecule has 2 unspecified atom stereocenters. The highest BCUT2D eigenvalue weighted by atomic mass is 32.1. The minimum atomic E-state index is -0.360. The van der Waals surface area contributed by atoms with Crippen molar-refractivity contribution in [2.75, 3.05) is 6.61 Å². The maximum atomic E-state index is 10.6. The maximum Gasteiger partial charge on any atom is 0.324 e. The Hall–Kier alpha value is -0.980. The van der Waals surface area contributed by atoms with Gasteiger partial charge in [-0.3, -0.25) is 10.1 Å². The van der Waals surface area contributed by atoms with Crippen molar-refractivity contribution in [3.05, 3.63) is 27.1 Å². The predicted molar refractivity (Wildman–Crippen MR) is 70.6 cm³/mol. The second kappa shape index (κ2) is 5.34. The molecule has 18 heavy (non-hydrogen) atoms. The number of hydrogen-bond acceptors (Lipinski definition) is 5. The second-order valence-electron chi connectivity index (χ2n) is 5.19. The summed E-state index contributed by atoms with van der Waals surface area (Å²) in [7, 11) is 0. The van der Waals surface area contributed by atoms with Crippen LogP contribution >= 0.6 is 11.3 Å². The molecule has 1 heterocycles. The number of nitrogens with zero attached hydrogens (tertiary/aromatic N) is 1.